The summed E-state index contributed by atoms with van der Waals surface area (Å²) >= 11 is 0. The lowest BCUT2D eigenvalue weighted by Gasteiger charge is -1.95. The molecular weight excluding hydrogens is 158 g/mol. The fourth-order valence-corrected chi connectivity index (χ4v) is 0.693. The second kappa shape index (κ2) is 3.61. The molecule has 4 nitrogen and oxygen atoms in total. The quantitative estimate of drug-likeness (QED) is 0.368. The van der Waals surface area contributed by atoms with Crippen molar-refractivity contribution >= 4 is 12.4 Å². The maximum Gasteiger partial charge on any atom is 0.364 e. The van der Waals surface area contributed by atoms with Gasteiger partial charge in [0.05, 0.1) is 0 Å². The van der Waals surface area contributed by atoms with Crippen molar-refractivity contribution in [1.82, 2.24) is 4.98 Å². The summed E-state index contributed by atoms with van der Waals surface area (Å²) in [6.07, 6.45) is 1.53. The minimum Gasteiger partial charge on any atom is -0.391 e. The first kappa shape index (κ1) is 8.39. The standard InChI is InChI=1S/C8H7NO3/c1-6-2-3-7(9-4-6)8(11)12-5-10/h2-5H,1H3. The lowest BCUT2D eigenvalue weighted by atomic mass is 10.3. The second-order valence-electron chi connectivity index (χ2n) is 2.22. The smallest absolute Gasteiger partial charge is 0.364 e. The molecular formula is C8H7NO3. The van der Waals surface area contributed by atoms with Gasteiger partial charge in [0.15, 0.2) is 0 Å². The van der Waals surface area contributed by atoms with Crippen LogP contribution in [0.2, 0.25) is 0 Å². The van der Waals surface area contributed by atoms with Crippen LogP contribution in [-0.4, -0.2) is 17.4 Å². The number of carbonyl (C=O) groups excluding carboxylic acids is 2. The van der Waals surface area contributed by atoms with Crippen molar-refractivity contribution in [2.24, 2.45) is 0 Å². The molecule has 0 amide bonds. The minimum atomic E-state index is -0.731. The number of aryl methyl sites for hydroxylation is 1. The van der Waals surface area contributed by atoms with E-state index in [4.69, 9.17) is 0 Å². The highest BCUT2D eigenvalue weighted by Gasteiger charge is 2.06. The average molecular weight is 165 g/mol. The molecule has 1 aromatic rings. The van der Waals surface area contributed by atoms with Gasteiger partial charge in [-0.15, -0.1) is 0 Å². The zero-order valence-electron chi connectivity index (χ0n) is 6.48. The Hall–Kier alpha value is -1.71. The van der Waals surface area contributed by atoms with Crippen molar-refractivity contribution in [3.63, 3.8) is 0 Å². The van der Waals surface area contributed by atoms with Gasteiger partial charge in [0, 0.05) is 6.20 Å². The summed E-state index contributed by atoms with van der Waals surface area (Å²) in [5, 5.41) is 0. The van der Waals surface area contributed by atoms with E-state index in [1.54, 1.807) is 6.07 Å². The molecule has 0 aliphatic rings. The second-order valence-corrected chi connectivity index (χ2v) is 2.22. The van der Waals surface area contributed by atoms with E-state index >= 15 is 0 Å². The Morgan fingerprint density at radius 1 is 1.58 bits per heavy atom. The Bertz CT molecular complexity index is 292. The van der Waals surface area contributed by atoms with E-state index < -0.39 is 5.97 Å². The van der Waals surface area contributed by atoms with Crippen LogP contribution in [0, 0.1) is 6.92 Å². The maximum atomic E-state index is 10.8. The summed E-state index contributed by atoms with van der Waals surface area (Å²) < 4.78 is 4.09. The number of pyridine rings is 1. The lowest BCUT2D eigenvalue weighted by molar-refractivity contribution is -0.123. The van der Waals surface area contributed by atoms with Gasteiger partial charge in [-0.1, -0.05) is 6.07 Å². The molecule has 0 spiro atoms. The molecule has 1 rings (SSSR count). The maximum absolute atomic E-state index is 10.8. The molecule has 12 heavy (non-hydrogen) atoms. The third-order valence-electron chi connectivity index (χ3n) is 1.28. The van der Waals surface area contributed by atoms with Gasteiger partial charge in [-0.05, 0) is 18.6 Å². The van der Waals surface area contributed by atoms with Crippen molar-refractivity contribution in [3.8, 4) is 0 Å². The molecule has 0 fully saturated rings. The van der Waals surface area contributed by atoms with Crippen LogP contribution in [0.4, 0.5) is 0 Å². The Labute approximate surface area is 69.2 Å². The molecule has 1 heterocycles. The zero-order valence-corrected chi connectivity index (χ0v) is 6.48. The van der Waals surface area contributed by atoms with Gasteiger partial charge in [-0.2, -0.15) is 0 Å². The number of aromatic nitrogens is 1. The number of carbonyl (C=O) groups is 2. The van der Waals surface area contributed by atoms with E-state index in [-0.39, 0.29) is 12.2 Å². The first-order valence-electron chi connectivity index (χ1n) is 3.31. The van der Waals surface area contributed by atoms with Crippen LogP contribution in [0.1, 0.15) is 16.1 Å². The molecule has 0 atom stereocenters. The highest BCUT2D eigenvalue weighted by Crippen LogP contribution is 1.99. The number of rotatable bonds is 2. The van der Waals surface area contributed by atoms with Crippen molar-refractivity contribution in [2.45, 2.75) is 6.92 Å². The fraction of sp³-hybridized carbons (Fsp3) is 0.125. The summed E-state index contributed by atoms with van der Waals surface area (Å²) in [6, 6.07) is 3.22. The highest BCUT2D eigenvalue weighted by atomic mass is 16.6. The lowest BCUT2D eigenvalue weighted by Crippen LogP contribution is -2.05. The van der Waals surface area contributed by atoms with Crippen LogP contribution in [0.15, 0.2) is 18.3 Å². The number of hydrogen-bond acceptors (Lipinski definition) is 4. The molecule has 0 bridgehead atoms. The molecule has 0 aliphatic carbocycles. The number of hydrogen-bond donors (Lipinski definition) is 0. The van der Waals surface area contributed by atoms with Crippen LogP contribution in [0.25, 0.3) is 0 Å². The topological polar surface area (TPSA) is 56.3 Å². The predicted octanol–water partition coefficient (Wildman–Crippen LogP) is 0.703. The zero-order chi connectivity index (χ0) is 8.97. The molecule has 0 saturated heterocycles. The summed E-state index contributed by atoms with van der Waals surface area (Å²) in [5.74, 6) is -0.731. The summed E-state index contributed by atoms with van der Waals surface area (Å²) in [4.78, 5) is 24.4. The van der Waals surface area contributed by atoms with E-state index in [0.29, 0.717) is 0 Å². The van der Waals surface area contributed by atoms with Gasteiger partial charge in [0.2, 0.25) is 0 Å². The summed E-state index contributed by atoms with van der Waals surface area (Å²) in [5.41, 5.74) is 1.07. The van der Waals surface area contributed by atoms with Crippen molar-refractivity contribution in [2.75, 3.05) is 0 Å². The predicted molar refractivity (Wildman–Crippen MR) is 40.5 cm³/mol. The van der Waals surface area contributed by atoms with Gasteiger partial charge in [0.25, 0.3) is 0 Å². The van der Waals surface area contributed by atoms with E-state index in [9.17, 15) is 9.59 Å². The Balaban J connectivity index is 2.82. The third-order valence-corrected chi connectivity index (χ3v) is 1.28. The molecule has 0 saturated carbocycles. The summed E-state index contributed by atoms with van der Waals surface area (Å²) in [7, 11) is 0. The SMILES string of the molecule is Cc1ccc(C(=O)OC=O)nc1. The van der Waals surface area contributed by atoms with E-state index in [1.165, 1.54) is 12.3 Å². The van der Waals surface area contributed by atoms with Gasteiger partial charge in [-0.25, -0.2) is 9.78 Å². The minimum absolute atomic E-state index is 0.0872. The molecule has 0 N–H and O–H groups in total. The van der Waals surface area contributed by atoms with Crippen molar-refractivity contribution in [3.05, 3.63) is 29.6 Å². The molecule has 0 radical (unpaired) electrons. The fourth-order valence-electron chi connectivity index (χ4n) is 0.693. The monoisotopic (exact) mass is 165 g/mol. The molecule has 0 aromatic carbocycles. The van der Waals surface area contributed by atoms with Crippen molar-refractivity contribution < 1.29 is 14.3 Å². The largest absolute Gasteiger partial charge is 0.391 e. The van der Waals surface area contributed by atoms with Crippen molar-refractivity contribution in [1.29, 1.82) is 0 Å². The first-order chi connectivity index (χ1) is 5.74. The van der Waals surface area contributed by atoms with Gasteiger partial charge in [0.1, 0.15) is 5.69 Å². The van der Waals surface area contributed by atoms with Crippen LogP contribution < -0.4 is 0 Å². The molecule has 62 valence electrons. The van der Waals surface area contributed by atoms with Gasteiger partial charge in [-0.3, -0.25) is 4.79 Å². The molecule has 0 unspecified atom stereocenters. The van der Waals surface area contributed by atoms with Gasteiger partial charge < -0.3 is 4.74 Å². The molecule has 1 aromatic heterocycles. The van der Waals surface area contributed by atoms with Crippen LogP contribution in [0.5, 0.6) is 0 Å². The first-order valence-corrected chi connectivity index (χ1v) is 3.31. The van der Waals surface area contributed by atoms with Gasteiger partial charge >= 0.3 is 12.4 Å². The molecule has 4 heteroatoms. The number of nitrogens with zero attached hydrogens (tertiary/aromatic N) is 1. The van der Waals surface area contributed by atoms with E-state index in [1.807, 2.05) is 6.92 Å². The summed E-state index contributed by atoms with van der Waals surface area (Å²) in [6.45, 7) is 1.94. The Morgan fingerprint density at radius 2 is 2.33 bits per heavy atom. The number of esters is 1. The molecule has 0 aliphatic heterocycles. The highest BCUT2D eigenvalue weighted by molar-refractivity contribution is 5.90. The van der Waals surface area contributed by atoms with Crippen LogP contribution >= 0.6 is 0 Å². The van der Waals surface area contributed by atoms with E-state index in [2.05, 4.69) is 9.72 Å². The number of ether oxygens (including phenoxy) is 1. The van der Waals surface area contributed by atoms with Crippen LogP contribution in [0.3, 0.4) is 0 Å². The Morgan fingerprint density at radius 3 is 2.83 bits per heavy atom. The normalized spacial score (nSPS) is 9.08. The average Bonchev–Trinajstić information content (AvgIpc) is 2.06. The van der Waals surface area contributed by atoms with E-state index in [0.717, 1.165) is 5.56 Å². The van der Waals surface area contributed by atoms with Crippen LogP contribution in [-0.2, 0) is 9.53 Å². The third kappa shape index (κ3) is 1.88. The Kier molecular flexibility index (Phi) is 2.53.